The number of aliphatic imine (C=N–C) groups is 2. The van der Waals surface area contributed by atoms with Crippen LogP contribution in [0.3, 0.4) is 0 Å². The molecule has 0 radical (unpaired) electrons. The monoisotopic (exact) mass is 473 g/mol. The molecule has 3 heteroatoms. The highest BCUT2D eigenvalue weighted by atomic mass is 15.0. The van der Waals surface area contributed by atoms with E-state index in [-0.39, 0.29) is 22.9 Å². The maximum Gasteiger partial charge on any atom is 0.0688 e. The van der Waals surface area contributed by atoms with E-state index in [9.17, 15) is 0 Å². The van der Waals surface area contributed by atoms with E-state index in [2.05, 4.69) is 112 Å². The summed E-state index contributed by atoms with van der Waals surface area (Å²) in [5.74, 6) is 0. The molecule has 2 aromatic carbocycles. The summed E-state index contributed by atoms with van der Waals surface area (Å²) in [6.07, 6.45) is 3.42. The molecule has 2 unspecified atom stereocenters. The minimum atomic E-state index is 0.0907. The number of benzene rings is 2. The lowest BCUT2D eigenvalue weighted by Crippen LogP contribution is -2.49. The van der Waals surface area contributed by atoms with Crippen LogP contribution in [0, 0.1) is 20.8 Å². The van der Waals surface area contributed by atoms with Crippen LogP contribution in [0.5, 0.6) is 0 Å². The first-order valence-electron chi connectivity index (χ1n) is 13.3. The van der Waals surface area contributed by atoms with E-state index >= 15 is 0 Å². The first kappa shape index (κ1) is 27.3. The lowest BCUT2D eigenvalue weighted by atomic mass is 9.80. The van der Waals surface area contributed by atoms with Crippen molar-refractivity contribution >= 4 is 22.8 Å². The number of nitrogens with one attached hydrogen (secondary N) is 1. The van der Waals surface area contributed by atoms with Crippen LogP contribution in [0.1, 0.15) is 102 Å². The standard InChI is InChI=1S/C32H47N3/c1-20-15-21(2)30(22(3)16-20)34-24(5)29-14-12-13-28(35-29)23(4)33-27-18-25(31(6,7)8)17-26(19-27)32(9,10)11/h15-19,28-29,35H,12-14H2,1-11H3. The van der Waals surface area contributed by atoms with Crippen LogP contribution in [-0.4, -0.2) is 23.5 Å². The second-order valence-electron chi connectivity index (χ2n) is 12.7. The quantitative estimate of drug-likeness (QED) is 0.443. The summed E-state index contributed by atoms with van der Waals surface area (Å²) >= 11 is 0. The molecular formula is C32H47N3. The third kappa shape index (κ3) is 6.91. The molecule has 0 aromatic heterocycles. The average molecular weight is 474 g/mol. The third-order valence-corrected chi connectivity index (χ3v) is 7.28. The number of piperidine rings is 1. The van der Waals surface area contributed by atoms with Crippen molar-refractivity contribution in [3.05, 3.63) is 58.1 Å². The molecule has 0 saturated carbocycles. The minimum absolute atomic E-state index is 0.0907. The van der Waals surface area contributed by atoms with E-state index in [0.717, 1.165) is 29.9 Å². The van der Waals surface area contributed by atoms with Gasteiger partial charge in [0, 0.05) is 23.5 Å². The molecule has 1 fully saturated rings. The number of nitrogens with zero attached hydrogens (tertiary/aromatic N) is 2. The van der Waals surface area contributed by atoms with Gasteiger partial charge in [-0.15, -0.1) is 0 Å². The summed E-state index contributed by atoms with van der Waals surface area (Å²) in [5.41, 5.74) is 11.2. The van der Waals surface area contributed by atoms with Crippen molar-refractivity contribution in [3.63, 3.8) is 0 Å². The fourth-order valence-corrected chi connectivity index (χ4v) is 5.02. The van der Waals surface area contributed by atoms with E-state index in [0.29, 0.717) is 0 Å². The van der Waals surface area contributed by atoms with Gasteiger partial charge in [-0.05, 0) is 99.1 Å². The molecule has 1 saturated heterocycles. The normalized spacial score (nSPS) is 20.3. The van der Waals surface area contributed by atoms with Gasteiger partial charge in [-0.3, -0.25) is 9.98 Å². The van der Waals surface area contributed by atoms with Gasteiger partial charge < -0.3 is 5.32 Å². The van der Waals surface area contributed by atoms with E-state index in [4.69, 9.17) is 9.98 Å². The summed E-state index contributed by atoms with van der Waals surface area (Å²) < 4.78 is 0. The van der Waals surface area contributed by atoms with Crippen molar-refractivity contribution in [1.82, 2.24) is 5.32 Å². The molecule has 3 rings (SSSR count). The Kier molecular flexibility index (Phi) is 8.11. The van der Waals surface area contributed by atoms with Crippen molar-refractivity contribution in [2.75, 3.05) is 0 Å². The molecule has 2 aromatic rings. The number of rotatable bonds is 4. The van der Waals surface area contributed by atoms with Crippen LogP contribution < -0.4 is 5.32 Å². The van der Waals surface area contributed by atoms with Crippen molar-refractivity contribution in [2.45, 2.75) is 118 Å². The summed E-state index contributed by atoms with van der Waals surface area (Å²) in [5, 5.41) is 3.87. The molecule has 1 heterocycles. The van der Waals surface area contributed by atoms with Gasteiger partial charge in [0.05, 0.1) is 11.4 Å². The fraction of sp³-hybridized carbons (Fsp3) is 0.562. The number of hydrogen-bond donors (Lipinski definition) is 1. The number of hydrogen-bond acceptors (Lipinski definition) is 3. The molecule has 3 nitrogen and oxygen atoms in total. The molecule has 1 aliphatic heterocycles. The Bertz CT molecular complexity index is 1070. The Balaban J connectivity index is 1.87. The smallest absolute Gasteiger partial charge is 0.0688 e. The molecule has 0 amide bonds. The van der Waals surface area contributed by atoms with Crippen molar-refractivity contribution < 1.29 is 0 Å². The Morgan fingerprint density at radius 3 is 1.63 bits per heavy atom. The van der Waals surface area contributed by atoms with Crippen LogP contribution in [0.15, 0.2) is 40.3 Å². The molecule has 1 N–H and O–H groups in total. The molecule has 1 aliphatic rings. The Labute approximate surface area is 214 Å². The van der Waals surface area contributed by atoms with E-state index in [1.807, 2.05) is 0 Å². The second-order valence-corrected chi connectivity index (χ2v) is 12.7. The first-order valence-corrected chi connectivity index (χ1v) is 13.3. The van der Waals surface area contributed by atoms with E-state index in [1.165, 1.54) is 39.9 Å². The molecule has 0 spiro atoms. The Morgan fingerprint density at radius 2 is 1.17 bits per heavy atom. The van der Waals surface area contributed by atoms with Gasteiger partial charge in [0.1, 0.15) is 0 Å². The topological polar surface area (TPSA) is 36.8 Å². The number of aryl methyl sites for hydroxylation is 3. The van der Waals surface area contributed by atoms with Crippen LogP contribution in [0.4, 0.5) is 11.4 Å². The van der Waals surface area contributed by atoms with Crippen molar-refractivity contribution in [1.29, 1.82) is 0 Å². The van der Waals surface area contributed by atoms with Crippen LogP contribution in [0.2, 0.25) is 0 Å². The summed E-state index contributed by atoms with van der Waals surface area (Å²) in [6, 6.07) is 11.9. The van der Waals surface area contributed by atoms with Gasteiger partial charge >= 0.3 is 0 Å². The first-order chi connectivity index (χ1) is 16.1. The predicted molar refractivity (Wildman–Crippen MR) is 155 cm³/mol. The van der Waals surface area contributed by atoms with E-state index < -0.39 is 0 Å². The maximum atomic E-state index is 5.16. The molecule has 0 bridgehead atoms. The van der Waals surface area contributed by atoms with Gasteiger partial charge in [0.15, 0.2) is 0 Å². The van der Waals surface area contributed by atoms with Gasteiger partial charge in [0.25, 0.3) is 0 Å². The lowest BCUT2D eigenvalue weighted by molar-refractivity contribution is 0.427. The van der Waals surface area contributed by atoms with Gasteiger partial charge in [0.2, 0.25) is 0 Å². The summed E-state index contributed by atoms with van der Waals surface area (Å²) in [6.45, 7) is 24.5. The third-order valence-electron chi connectivity index (χ3n) is 7.28. The van der Waals surface area contributed by atoms with Gasteiger partial charge in [-0.1, -0.05) is 65.3 Å². The van der Waals surface area contributed by atoms with Gasteiger partial charge in [-0.2, -0.15) is 0 Å². The zero-order valence-electron chi connectivity index (χ0n) is 24.1. The highest BCUT2D eigenvalue weighted by molar-refractivity contribution is 5.93. The molecular weight excluding hydrogens is 426 g/mol. The lowest BCUT2D eigenvalue weighted by Gasteiger charge is -2.31. The van der Waals surface area contributed by atoms with Crippen LogP contribution >= 0.6 is 0 Å². The Morgan fingerprint density at radius 1 is 0.714 bits per heavy atom. The van der Waals surface area contributed by atoms with Crippen LogP contribution in [0.25, 0.3) is 0 Å². The Hall–Kier alpha value is -2.26. The summed E-state index contributed by atoms with van der Waals surface area (Å²) in [4.78, 5) is 10.3. The zero-order valence-corrected chi connectivity index (χ0v) is 24.1. The van der Waals surface area contributed by atoms with Crippen LogP contribution in [-0.2, 0) is 10.8 Å². The van der Waals surface area contributed by atoms with Crippen molar-refractivity contribution in [3.8, 4) is 0 Å². The maximum absolute atomic E-state index is 5.16. The van der Waals surface area contributed by atoms with Gasteiger partial charge in [-0.25, -0.2) is 0 Å². The molecule has 35 heavy (non-hydrogen) atoms. The highest BCUT2D eigenvalue weighted by Crippen LogP contribution is 2.33. The zero-order chi connectivity index (χ0) is 26.1. The fourth-order valence-electron chi connectivity index (χ4n) is 5.02. The molecule has 190 valence electrons. The molecule has 0 aliphatic carbocycles. The molecule has 2 atom stereocenters. The SMILES string of the molecule is CC(=Nc1cc(C(C)(C)C)cc(C(C)(C)C)c1)C1CCCC(C(C)=Nc2c(C)cc(C)cc2C)N1. The van der Waals surface area contributed by atoms with E-state index in [1.54, 1.807) is 0 Å². The average Bonchev–Trinajstić information content (AvgIpc) is 2.74. The minimum Gasteiger partial charge on any atom is -0.301 e. The van der Waals surface area contributed by atoms with Crippen molar-refractivity contribution in [2.24, 2.45) is 9.98 Å². The highest BCUT2D eigenvalue weighted by Gasteiger charge is 2.26. The second kappa shape index (κ2) is 10.4. The predicted octanol–water partition coefficient (Wildman–Crippen LogP) is 8.60. The summed E-state index contributed by atoms with van der Waals surface area (Å²) in [7, 11) is 0. The largest absolute Gasteiger partial charge is 0.301 e.